The Morgan fingerprint density at radius 2 is 2.29 bits per heavy atom. The van der Waals surface area contributed by atoms with Crippen molar-refractivity contribution in [1.29, 1.82) is 0 Å². The van der Waals surface area contributed by atoms with Crippen LogP contribution in [0.1, 0.15) is 17.3 Å². The fraction of sp³-hybridized carbons (Fsp3) is 0.273. The number of hydrogen-bond acceptors (Lipinski definition) is 4. The van der Waals surface area contributed by atoms with E-state index in [1.165, 1.54) is 15.9 Å². The summed E-state index contributed by atoms with van der Waals surface area (Å²) in [5.41, 5.74) is 0.198. The van der Waals surface area contributed by atoms with Gasteiger partial charge in [0.2, 0.25) is 0 Å². The molecule has 0 bridgehead atoms. The van der Waals surface area contributed by atoms with E-state index in [1.54, 1.807) is 20.0 Å². The van der Waals surface area contributed by atoms with Crippen molar-refractivity contribution >= 4 is 39.1 Å². The van der Waals surface area contributed by atoms with E-state index in [4.69, 9.17) is 16.3 Å². The van der Waals surface area contributed by atoms with Crippen LogP contribution in [0.25, 0.3) is 10.2 Å². The highest BCUT2D eigenvalue weighted by molar-refractivity contribution is 7.17. The first kappa shape index (κ1) is 12.1. The molecule has 0 N–H and O–H groups in total. The van der Waals surface area contributed by atoms with Crippen molar-refractivity contribution in [3.63, 3.8) is 0 Å². The second-order valence-electron chi connectivity index (χ2n) is 3.41. The molecule has 0 fully saturated rings. The van der Waals surface area contributed by atoms with Gasteiger partial charge in [0, 0.05) is 7.05 Å². The van der Waals surface area contributed by atoms with Crippen molar-refractivity contribution in [2.24, 2.45) is 7.05 Å². The smallest absolute Gasteiger partial charge is 0.345 e. The Kier molecular flexibility index (Phi) is 3.22. The van der Waals surface area contributed by atoms with E-state index in [9.17, 15) is 9.59 Å². The average Bonchev–Trinajstić information content (AvgIpc) is 2.76. The van der Waals surface area contributed by atoms with Crippen molar-refractivity contribution in [1.82, 2.24) is 4.57 Å². The normalized spacial score (nSPS) is 10.8. The predicted molar refractivity (Wildman–Crippen MR) is 68.0 cm³/mol. The van der Waals surface area contributed by atoms with E-state index in [0.29, 0.717) is 0 Å². The SMILES string of the molecule is CCOC(=O)c1c(Cl)c2sccc2n(C)c1=O. The molecule has 4 nitrogen and oxygen atoms in total. The summed E-state index contributed by atoms with van der Waals surface area (Å²) in [5, 5.41) is 2.00. The first-order valence-corrected chi connectivity index (χ1v) is 6.26. The minimum atomic E-state index is -0.673. The number of aromatic nitrogens is 1. The van der Waals surface area contributed by atoms with Crippen LogP contribution in [-0.2, 0) is 11.8 Å². The molecular formula is C11H10ClNO3S. The average molecular weight is 272 g/mol. The second-order valence-corrected chi connectivity index (χ2v) is 4.70. The second kappa shape index (κ2) is 4.50. The zero-order chi connectivity index (χ0) is 12.6. The molecule has 2 rings (SSSR count). The number of nitrogens with zero attached hydrogens (tertiary/aromatic N) is 1. The summed E-state index contributed by atoms with van der Waals surface area (Å²) in [7, 11) is 1.61. The number of ether oxygens (including phenoxy) is 1. The third-order valence-electron chi connectivity index (χ3n) is 2.42. The molecule has 0 spiro atoms. The Balaban J connectivity index is 2.79. The number of aryl methyl sites for hydroxylation is 1. The van der Waals surface area contributed by atoms with Crippen molar-refractivity contribution in [2.45, 2.75) is 6.92 Å². The fourth-order valence-electron chi connectivity index (χ4n) is 1.60. The summed E-state index contributed by atoms with van der Waals surface area (Å²) in [6, 6.07) is 1.79. The maximum absolute atomic E-state index is 12.0. The quantitative estimate of drug-likeness (QED) is 0.788. The van der Waals surface area contributed by atoms with Crippen LogP contribution in [0.15, 0.2) is 16.2 Å². The zero-order valence-corrected chi connectivity index (χ0v) is 10.9. The summed E-state index contributed by atoms with van der Waals surface area (Å²) in [6.45, 7) is 1.89. The Morgan fingerprint density at radius 1 is 1.59 bits per heavy atom. The van der Waals surface area contributed by atoms with Crippen LogP contribution in [0.5, 0.6) is 0 Å². The molecule has 2 aromatic heterocycles. The van der Waals surface area contributed by atoms with Gasteiger partial charge in [0.05, 0.1) is 21.8 Å². The third kappa shape index (κ3) is 1.85. The number of carbonyl (C=O) groups is 1. The zero-order valence-electron chi connectivity index (χ0n) is 9.32. The van der Waals surface area contributed by atoms with E-state index in [2.05, 4.69) is 0 Å². The largest absolute Gasteiger partial charge is 0.462 e. The molecule has 0 aliphatic carbocycles. The van der Waals surface area contributed by atoms with Gasteiger partial charge in [-0.3, -0.25) is 4.79 Å². The first-order valence-electron chi connectivity index (χ1n) is 5.00. The topological polar surface area (TPSA) is 48.3 Å². The van der Waals surface area contributed by atoms with Gasteiger partial charge in [0.25, 0.3) is 5.56 Å². The van der Waals surface area contributed by atoms with Crippen LogP contribution < -0.4 is 5.56 Å². The van der Waals surface area contributed by atoms with E-state index < -0.39 is 11.5 Å². The van der Waals surface area contributed by atoms with Crippen molar-refractivity contribution < 1.29 is 9.53 Å². The number of rotatable bonds is 2. The molecule has 0 radical (unpaired) electrons. The lowest BCUT2D eigenvalue weighted by molar-refractivity contribution is 0.0524. The van der Waals surface area contributed by atoms with Gasteiger partial charge in [-0.1, -0.05) is 11.6 Å². The van der Waals surface area contributed by atoms with E-state index >= 15 is 0 Å². The highest BCUT2D eigenvalue weighted by Gasteiger charge is 2.21. The summed E-state index contributed by atoms with van der Waals surface area (Å²) >= 11 is 7.47. The monoisotopic (exact) mass is 271 g/mol. The number of pyridine rings is 1. The van der Waals surface area contributed by atoms with Gasteiger partial charge in [-0.25, -0.2) is 4.79 Å². The van der Waals surface area contributed by atoms with Gasteiger partial charge in [-0.15, -0.1) is 11.3 Å². The van der Waals surface area contributed by atoms with Crippen molar-refractivity contribution in [3.8, 4) is 0 Å². The molecule has 2 aromatic rings. The number of hydrogen-bond donors (Lipinski definition) is 0. The maximum atomic E-state index is 12.0. The number of halogens is 1. The van der Waals surface area contributed by atoms with Crippen LogP contribution in [0, 0.1) is 0 Å². The lowest BCUT2D eigenvalue weighted by Gasteiger charge is -2.07. The molecule has 0 aliphatic heterocycles. The molecule has 0 amide bonds. The minimum absolute atomic E-state index is 0.0917. The maximum Gasteiger partial charge on any atom is 0.345 e. The number of carbonyl (C=O) groups excluding carboxylic acids is 1. The van der Waals surface area contributed by atoms with Crippen LogP contribution in [-0.4, -0.2) is 17.1 Å². The van der Waals surface area contributed by atoms with Gasteiger partial charge in [0.1, 0.15) is 5.56 Å². The van der Waals surface area contributed by atoms with Gasteiger partial charge in [-0.2, -0.15) is 0 Å². The van der Waals surface area contributed by atoms with Crippen molar-refractivity contribution in [3.05, 3.63) is 32.4 Å². The molecule has 0 atom stereocenters. The Hall–Kier alpha value is -1.33. The molecule has 90 valence electrons. The highest BCUT2D eigenvalue weighted by Crippen LogP contribution is 2.29. The Morgan fingerprint density at radius 3 is 2.94 bits per heavy atom. The summed E-state index contributed by atoms with van der Waals surface area (Å²) in [5.74, 6) is -0.673. The molecular weight excluding hydrogens is 262 g/mol. The lowest BCUT2D eigenvalue weighted by atomic mass is 10.2. The molecule has 0 saturated heterocycles. The van der Waals surface area contributed by atoms with E-state index in [-0.39, 0.29) is 17.2 Å². The number of fused-ring (bicyclic) bond motifs is 1. The minimum Gasteiger partial charge on any atom is -0.462 e. The molecule has 17 heavy (non-hydrogen) atoms. The third-order valence-corrected chi connectivity index (χ3v) is 3.83. The molecule has 0 saturated carbocycles. The van der Waals surface area contributed by atoms with E-state index in [1.807, 2.05) is 5.38 Å². The standard InChI is InChI=1S/C11H10ClNO3S/c1-3-16-11(15)7-8(12)9-6(4-5-17-9)13(2)10(7)14/h4-5H,3H2,1-2H3. The fourth-order valence-corrected chi connectivity index (χ4v) is 2.85. The van der Waals surface area contributed by atoms with Gasteiger partial charge in [-0.05, 0) is 18.4 Å². The van der Waals surface area contributed by atoms with Crippen LogP contribution in [0.3, 0.4) is 0 Å². The Labute approximate surface area is 106 Å². The van der Waals surface area contributed by atoms with Crippen molar-refractivity contribution in [2.75, 3.05) is 6.61 Å². The van der Waals surface area contributed by atoms with E-state index in [0.717, 1.165) is 10.2 Å². The molecule has 0 aliphatic rings. The molecule has 2 heterocycles. The van der Waals surface area contributed by atoms with Gasteiger partial charge in [0.15, 0.2) is 0 Å². The highest BCUT2D eigenvalue weighted by atomic mass is 35.5. The lowest BCUT2D eigenvalue weighted by Crippen LogP contribution is -2.26. The van der Waals surface area contributed by atoms with Gasteiger partial charge >= 0.3 is 5.97 Å². The van der Waals surface area contributed by atoms with Crippen LogP contribution in [0.2, 0.25) is 5.02 Å². The summed E-state index contributed by atoms with van der Waals surface area (Å²) < 4.78 is 6.96. The molecule has 0 aromatic carbocycles. The Bertz CT molecular complexity index is 644. The first-order chi connectivity index (χ1) is 8.07. The van der Waals surface area contributed by atoms with Crippen LogP contribution in [0.4, 0.5) is 0 Å². The predicted octanol–water partition coefficient (Wildman–Crippen LogP) is 2.43. The van der Waals surface area contributed by atoms with Gasteiger partial charge < -0.3 is 9.30 Å². The van der Waals surface area contributed by atoms with Crippen LogP contribution >= 0.6 is 22.9 Å². The summed E-state index contributed by atoms with van der Waals surface area (Å²) in [4.78, 5) is 23.7. The molecule has 6 heteroatoms. The number of thiophene rings is 1. The number of esters is 1. The summed E-state index contributed by atoms with van der Waals surface area (Å²) in [6.07, 6.45) is 0. The molecule has 0 unspecified atom stereocenters.